The highest BCUT2D eigenvalue weighted by Crippen LogP contribution is 2.16. The van der Waals surface area contributed by atoms with Gasteiger partial charge in [0.05, 0.1) is 5.75 Å². The van der Waals surface area contributed by atoms with E-state index >= 15 is 0 Å². The van der Waals surface area contributed by atoms with Crippen molar-refractivity contribution in [1.82, 2.24) is 0 Å². The molecular formula is C15H17NOS. The third-order valence-electron chi connectivity index (χ3n) is 2.00. The van der Waals surface area contributed by atoms with E-state index in [2.05, 4.69) is 18.5 Å². The van der Waals surface area contributed by atoms with Crippen LogP contribution in [0.5, 0.6) is 0 Å². The molecule has 0 saturated carbocycles. The van der Waals surface area contributed by atoms with Gasteiger partial charge >= 0.3 is 0 Å². The predicted molar refractivity (Wildman–Crippen MR) is 80.6 cm³/mol. The third-order valence-corrected chi connectivity index (χ3v) is 2.91. The number of carbonyl (C=O) groups excluding carboxylic acids is 1. The lowest BCUT2D eigenvalue weighted by Gasteiger charge is -2.04. The monoisotopic (exact) mass is 259 g/mol. The van der Waals surface area contributed by atoms with Crippen LogP contribution in [0.4, 0.5) is 5.69 Å². The average molecular weight is 259 g/mol. The molecule has 0 bridgehead atoms. The Hall–Kier alpha value is -1.74. The molecule has 1 rings (SSSR count). The Kier molecular flexibility index (Phi) is 6.01. The molecule has 0 unspecified atom stereocenters. The van der Waals surface area contributed by atoms with E-state index in [-0.39, 0.29) is 5.91 Å². The summed E-state index contributed by atoms with van der Waals surface area (Å²) < 4.78 is 0. The Bertz CT molecular complexity index is 463. The molecule has 3 heteroatoms. The third kappa shape index (κ3) is 6.11. The van der Waals surface area contributed by atoms with Gasteiger partial charge < -0.3 is 5.32 Å². The lowest BCUT2D eigenvalue weighted by Crippen LogP contribution is -2.13. The highest BCUT2D eigenvalue weighted by molar-refractivity contribution is 8.03. The normalized spacial score (nSPS) is 10.3. The van der Waals surface area contributed by atoms with Gasteiger partial charge in [0.1, 0.15) is 0 Å². The van der Waals surface area contributed by atoms with Gasteiger partial charge in [-0.2, -0.15) is 0 Å². The number of carbonyl (C=O) groups is 1. The highest BCUT2D eigenvalue weighted by atomic mass is 32.2. The van der Waals surface area contributed by atoms with Crippen LogP contribution in [0.1, 0.15) is 6.92 Å². The number of rotatable bonds is 6. The van der Waals surface area contributed by atoms with Crippen molar-refractivity contribution < 1.29 is 4.79 Å². The molecule has 1 aromatic rings. The molecular weight excluding hydrogens is 242 g/mol. The molecule has 0 atom stereocenters. The Morgan fingerprint density at radius 1 is 1.28 bits per heavy atom. The molecule has 2 nitrogen and oxygen atoms in total. The van der Waals surface area contributed by atoms with E-state index in [1.807, 2.05) is 49.4 Å². The first-order valence-corrected chi connectivity index (χ1v) is 6.56. The SMILES string of the molecule is C=C(C)/C=C\C(=C)SCC(=O)Nc1ccccc1. The van der Waals surface area contributed by atoms with E-state index in [1.54, 1.807) is 0 Å². The average Bonchev–Trinajstić information content (AvgIpc) is 2.35. The molecule has 0 spiro atoms. The molecule has 0 saturated heterocycles. The summed E-state index contributed by atoms with van der Waals surface area (Å²) in [5, 5.41) is 2.82. The number of para-hydroxylation sites is 1. The molecule has 0 fully saturated rings. The summed E-state index contributed by atoms with van der Waals surface area (Å²) in [7, 11) is 0. The first kappa shape index (κ1) is 14.3. The largest absolute Gasteiger partial charge is 0.325 e. The molecule has 0 aliphatic heterocycles. The fourth-order valence-electron chi connectivity index (χ4n) is 1.16. The molecule has 94 valence electrons. The van der Waals surface area contributed by atoms with E-state index in [9.17, 15) is 4.79 Å². The molecule has 0 aromatic heterocycles. The molecule has 1 N–H and O–H groups in total. The van der Waals surface area contributed by atoms with Crippen molar-refractivity contribution in [3.05, 3.63) is 66.1 Å². The summed E-state index contributed by atoms with van der Waals surface area (Å²) in [6, 6.07) is 9.40. The van der Waals surface area contributed by atoms with Crippen LogP contribution in [0, 0.1) is 0 Å². The first-order valence-electron chi connectivity index (χ1n) is 5.58. The summed E-state index contributed by atoms with van der Waals surface area (Å²) in [4.78, 5) is 12.5. The van der Waals surface area contributed by atoms with Crippen molar-refractivity contribution in [3.63, 3.8) is 0 Å². The lowest BCUT2D eigenvalue weighted by atomic mass is 10.3. The number of nitrogens with one attached hydrogen (secondary N) is 1. The van der Waals surface area contributed by atoms with Crippen molar-refractivity contribution in [2.45, 2.75) is 6.92 Å². The number of benzene rings is 1. The van der Waals surface area contributed by atoms with E-state index < -0.39 is 0 Å². The fourth-order valence-corrected chi connectivity index (χ4v) is 1.71. The van der Waals surface area contributed by atoms with E-state index in [0.717, 1.165) is 16.2 Å². The summed E-state index contributed by atoms with van der Waals surface area (Å²) in [5.74, 6) is 0.324. The van der Waals surface area contributed by atoms with Crippen molar-refractivity contribution in [2.24, 2.45) is 0 Å². The number of allylic oxidation sites excluding steroid dienone is 3. The minimum atomic E-state index is -0.0314. The van der Waals surface area contributed by atoms with Gasteiger partial charge in [-0.1, -0.05) is 43.0 Å². The Morgan fingerprint density at radius 3 is 2.56 bits per heavy atom. The van der Waals surface area contributed by atoms with E-state index in [4.69, 9.17) is 0 Å². The van der Waals surface area contributed by atoms with Crippen molar-refractivity contribution >= 4 is 23.4 Å². The standard InChI is InChI=1S/C15H17NOS/c1-12(2)9-10-13(3)18-11-15(17)16-14-7-5-4-6-8-14/h4-10H,1,3,11H2,2H3,(H,16,17)/b10-9-. The van der Waals surface area contributed by atoms with Gasteiger partial charge in [0, 0.05) is 10.6 Å². The van der Waals surface area contributed by atoms with Crippen molar-refractivity contribution in [1.29, 1.82) is 0 Å². The van der Waals surface area contributed by atoms with Crippen LogP contribution in [0.15, 0.2) is 66.1 Å². The minimum Gasteiger partial charge on any atom is -0.325 e. The molecule has 18 heavy (non-hydrogen) atoms. The summed E-state index contributed by atoms with van der Waals surface area (Å²) in [5.41, 5.74) is 1.77. The molecule has 0 radical (unpaired) electrons. The van der Waals surface area contributed by atoms with Gasteiger partial charge in [-0.05, 0) is 25.1 Å². The Morgan fingerprint density at radius 2 is 1.94 bits per heavy atom. The number of hydrogen-bond acceptors (Lipinski definition) is 2. The quantitative estimate of drug-likeness (QED) is 0.782. The Balaban J connectivity index is 2.34. The molecule has 1 amide bonds. The minimum absolute atomic E-state index is 0.0314. The predicted octanol–water partition coefficient (Wildman–Crippen LogP) is 4.00. The number of amides is 1. The summed E-state index contributed by atoms with van der Waals surface area (Å²) in [6.07, 6.45) is 3.74. The van der Waals surface area contributed by atoms with Crippen molar-refractivity contribution in [3.8, 4) is 0 Å². The maximum absolute atomic E-state index is 11.6. The van der Waals surface area contributed by atoms with Crippen LogP contribution in [-0.2, 0) is 4.79 Å². The zero-order chi connectivity index (χ0) is 13.4. The van der Waals surface area contributed by atoms with Crippen LogP contribution >= 0.6 is 11.8 Å². The van der Waals surface area contributed by atoms with Crippen LogP contribution in [0.25, 0.3) is 0 Å². The second kappa shape index (κ2) is 7.56. The number of anilines is 1. The molecule has 1 aromatic carbocycles. The van der Waals surface area contributed by atoms with Crippen molar-refractivity contribution in [2.75, 3.05) is 11.1 Å². The van der Waals surface area contributed by atoms with Gasteiger partial charge in [0.2, 0.25) is 5.91 Å². The first-order chi connectivity index (χ1) is 8.58. The van der Waals surface area contributed by atoms with Crippen LogP contribution in [-0.4, -0.2) is 11.7 Å². The maximum atomic E-state index is 11.6. The zero-order valence-electron chi connectivity index (χ0n) is 10.5. The molecule has 0 aliphatic carbocycles. The van der Waals surface area contributed by atoms with Crippen LogP contribution < -0.4 is 5.32 Å². The Labute approximate surface area is 112 Å². The van der Waals surface area contributed by atoms with E-state index in [1.165, 1.54) is 11.8 Å². The number of hydrogen-bond donors (Lipinski definition) is 1. The summed E-state index contributed by atoms with van der Waals surface area (Å²) >= 11 is 1.41. The van der Waals surface area contributed by atoms with Gasteiger partial charge in [-0.15, -0.1) is 11.8 Å². The number of thioether (sulfide) groups is 1. The van der Waals surface area contributed by atoms with Gasteiger partial charge in [0.25, 0.3) is 0 Å². The second-order valence-electron chi connectivity index (χ2n) is 3.85. The lowest BCUT2D eigenvalue weighted by molar-refractivity contribution is -0.113. The van der Waals surface area contributed by atoms with Gasteiger partial charge in [-0.25, -0.2) is 0 Å². The molecule has 0 aliphatic rings. The second-order valence-corrected chi connectivity index (χ2v) is 4.95. The van der Waals surface area contributed by atoms with Gasteiger partial charge in [0.15, 0.2) is 0 Å². The maximum Gasteiger partial charge on any atom is 0.234 e. The van der Waals surface area contributed by atoms with Gasteiger partial charge in [-0.3, -0.25) is 4.79 Å². The molecule has 0 heterocycles. The fraction of sp³-hybridized carbons (Fsp3) is 0.133. The van der Waals surface area contributed by atoms with E-state index in [0.29, 0.717) is 5.75 Å². The van der Waals surface area contributed by atoms with Crippen LogP contribution in [0.2, 0.25) is 0 Å². The highest BCUT2D eigenvalue weighted by Gasteiger charge is 2.02. The van der Waals surface area contributed by atoms with Crippen LogP contribution in [0.3, 0.4) is 0 Å². The topological polar surface area (TPSA) is 29.1 Å². The zero-order valence-corrected chi connectivity index (χ0v) is 11.3. The summed E-state index contributed by atoms with van der Waals surface area (Å²) in [6.45, 7) is 9.54. The smallest absolute Gasteiger partial charge is 0.234 e.